The Morgan fingerprint density at radius 1 is 1.29 bits per heavy atom. The Bertz CT molecular complexity index is 598. The Balaban J connectivity index is 1.60. The molecule has 1 amide bonds. The van der Waals surface area contributed by atoms with Crippen LogP contribution in [0.25, 0.3) is 5.69 Å². The van der Waals surface area contributed by atoms with Crippen LogP contribution in [0.1, 0.15) is 31.2 Å². The molecule has 5 heteroatoms. The van der Waals surface area contributed by atoms with E-state index in [1.54, 1.807) is 10.9 Å². The molecule has 1 fully saturated rings. The lowest BCUT2D eigenvalue weighted by Gasteiger charge is -2.22. The van der Waals surface area contributed by atoms with Crippen LogP contribution in [0.3, 0.4) is 0 Å². The number of aromatic nitrogens is 2. The van der Waals surface area contributed by atoms with Gasteiger partial charge in [0.1, 0.15) is 0 Å². The van der Waals surface area contributed by atoms with Crippen LogP contribution in [0.4, 0.5) is 0 Å². The van der Waals surface area contributed by atoms with Crippen LogP contribution in [-0.2, 0) is 11.3 Å². The predicted octanol–water partition coefficient (Wildman–Crippen LogP) is 1.76. The lowest BCUT2D eigenvalue weighted by atomic mass is 9.98. The molecule has 1 aromatic carbocycles. The second kappa shape index (κ2) is 5.69. The molecule has 0 aliphatic heterocycles. The van der Waals surface area contributed by atoms with Crippen LogP contribution in [0.15, 0.2) is 42.7 Å². The molecule has 3 N–H and O–H groups in total. The molecule has 0 radical (unpaired) electrons. The van der Waals surface area contributed by atoms with E-state index in [1.165, 1.54) is 0 Å². The molecular formula is C16H20N4O. The maximum absolute atomic E-state index is 12.1. The molecule has 5 nitrogen and oxygen atoms in total. The number of carbonyl (C=O) groups excluding carboxylic acids is 1. The predicted molar refractivity (Wildman–Crippen MR) is 80.8 cm³/mol. The third-order valence-electron chi connectivity index (χ3n) is 4.11. The highest BCUT2D eigenvalue weighted by molar-refractivity contribution is 5.86. The van der Waals surface area contributed by atoms with Gasteiger partial charge in [0.25, 0.3) is 0 Å². The standard InChI is InChI=1S/C16H20N4O/c17-16(8-1-2-9-16)15(21)18-12-13-4-6-14(7-5-13)20-11-3-10-19-20/h3-7,10-11H,1-2,8-9,12,17H2,(H,18,21). The van der Waals surface area contributed by atoms with Gasteiger partial charge in [-0.05, 0) is 36.6 Å². The zero-order valence-corrected chi connectivity index (χ0v) is 12.0. The van der Waals surface area contributed by atoms with Crippen molar-refractivity contribution in [2.45, 2.75) is 37.8 Å². The van der Waals surface area contributed by atoms with Crippen LogP contribution >= 0.6 is 0 Å². The van der Waals surface area contributed by atoms with Gasteiger partial charge in [0.2, 0.25) is 5.91 Å². The van der Waals surface area contributed by atoms with Crippen molar-refractivity contribution < 1.29 is 4.79 Å². The van der Waals surface area contributed by atoms with Gasteiger partial charge in [-0.1, -0.05) is 25.0 Å². The van der Waals surface area contributed by atoms with E-state index in [2.05, 4.69) is 10.4 Å². The molecule has 110 valence electrons. The molecule has 3 rings (SSSR count). The van der Waals surface area contributed by atoms with Crippen molar-refractivity contribution in [3.05, 3.63) is 48.3 Å². The van der Waals surface area contributed by atoms with E-state index < -0.39 is 5.54 Å². The molecule has 1 aliphatic carbocycles. The highest BCUT2D eigenvalue weighted by atomic mass is 16.2. The topological polar surface area (TPSA) is 72.9 Å². The minimum absolute atomic E-state index is 0.0313. The first-order valence-electron chi connectivity index (χ1n) is 7.34. The fraction of sp³-hybridized carbons (Fsp3) is 0.375. The molecule has 1 saturated carbocycles. The van der Waals surface area contributed by atoms with Gasteiger partial charge in [-0.25, -0.2) is 4.68 Å². The number of nitrogens with one attached hydrogen (secondary N) is 1. The molecule has 1 aliphatic rings. The summed E-state index contributed by atoms with van der Waals surface area (Å²) in [4.78, 5) is 12.1. The second-order valence-corrected chi connectivity index (χ2v) is 5.66. The molecule has 0 saturated heterocycles. The maximum atomic E-state index is 12.1. The first kappa shape index (κ1) is 13.8. The second-order valence-electron chi connectivity index (χ2n) is 5.66. The summed E-state index contributed by atoms with van der Waals surface area (Å²) in [5.74, 6) is -0.0313. The van der Waals surface area contributed by atoms with E-state index in [9.17, 15) is 4.79 Å². The molecule has 0 unspecified atom stereocenters. The zero-order valence-electron chi connectivity index (χ0n) is 12.0. The van der Waals surface area contributed by atoms with E-state index in [1.807, 2.05) is 36.5 Å². The summed E-state index contributed by atoms with van der Waals surface area (Å²) < 4.78 is 1.80. The van der Waals surface area contributed by atoms with Gasteiger partial charge in [-0.15, -0.1) is 0 Å². The van der Waals surface area contributed by atoms with Crippen molar-refractivity contribution in [1.82, 2.24) is 15.1 Å². The van der Waals surface area contributed by atoms with Crippen LogP contribution < -0.4 is 11.1 Å². The summed E-state index contributed by atoms with van der Waals surface area (Å²) in [5.41, 5.74) is 7.53. The maximum Gasteiger partial charge on any atom is 0.240 e. The minimum atomic E-state index is -0.658. The summed E-state index contributed by atoms with van der Waals surface area (Å²) in [7, 11) is 0. The summed E-state index contributed by atoms with van der Waals surface area (Å²) in [5, 5.41) is 7.13. The van der Waals surface area contributed by atoms with Gasteiger partial charge in [-0.2, -0.15) is 5.10 Å². The third-order valence-corrected chi connectivity index (χ3v) is 4.11. The molecule has 0 spiro atoms. The lowest BCUT2D eigenvalue weighted by molar-refractivity contribution is -0.126. The van der Waals surface area contributed by atoms with E-state index in [4.69, 9.17) is 5.73 Å². The number of amides is 1. The van der Waals surface area contributed by atoms with Crippen molar-refractivity contribution in [2.75, 3.05) is 0 Å². The smallest absolute Gasteiger partial charge is 0.240 e. The summed E-state index contributed by atoms with van der Waals surface area (Å²) in [6, 6.07) is 9.85. The quantitative estimate of drug-likeness (QED) is 0.898. The van der Waals surface area contributed by atoms with Crippen molar-refractivity contribution in [3.8, 4) is 5.69 Å². The van der Waals surface area contributed by atoms with Crippen molar-refractivity contribution in [3.63, 3.8) is 0 Å². The van der Waals surface area contributed by atoms with Crippen LogP contribution in [0.2, 0.25) is 0 Å². The zero-order chi connectivity index (χ0) is 14.7. The minimum Gasteiger partial charge on any atom is -0.350 e. The molecule has 21 heavy (non-hydrogen) atoms. The van der Waals surface area contributed by atoms with Gasteiger partial charge >= 0.3 is 0 Å². The Morgan fingerprint density at radius 3 is 2.62 bits per heavy atom. The highest BCUT2D eigenvalue weighted by Crippen LogP contribution is 2.27. The van der Waals surface area contributed by atoms with Crippen molar-refractivity contribution in [2.24, 2.45) is 5.73 Å². The van der Waals surface area contributed by atoms with Crippen LogP contribution in [0.5, 0.6) is 0 Å². The fourth-order valence-electron chi connectivity index (χ4n) is 2.78. The SMILES string of the molecule is NC1(C(=O)NCc2ccc(-n3cccn3)cc2)CCCC1. The molecule has 1 heterocycles. The molecule has 0 atom stereocenters. The van der Waals surface area contributed by atoms with E-state index >= 15 is 0 Å². The first-order chi connectivity index (χ1) is 10.2. The molecule has 0 bridgehead atoms. The summed E-state index contributed by atoms with van der Waals surface area (Å²) in [6.07, 6.45) is 7.31. The third kappa shape index (κ3) is 2.97. The number of hydrogen-bond donors (Lipinski definition) is 2. The monoisotopic (exact) mass is 284 g/mol. The number of nitrogens with zero attached hydrogens (tertiary/aromatic N) is 2. The van der Waals surface area contributed by atoms with Crippen LogP contribution in [-0.4, -0.2) is 21.2 Å². The Morgan fingerprint density at radius 2 is 2.00 bits per heavy atom. The Hall–Kier alpha value is -2.14. The number of hydrogen-bond acceptors (Lipinski definition) is 3. The van der Waals surface area contributed by atoms with Crippen molar-refractivity contribution >= 4 is 5.91 Å². The largest absolute Gasteiger partial charge is 0.350 e. The van der Waals surface area contributed by atoms with E-state index in [0.717, 1.165) is 36.9 Å². The molecular weight excluding hydrogens is 264 g/mol. The van der Waals surface area contributed by atoms with Gasteiger partial charge in [0.05, 0.1) is 11.2 Å². The van der Waals surface area contributed by atoms with E-state index in [-0.39, 0.29) is 5.91 Å². The Kier molecular flexibility index (Phi) is 3.75. The first-order valence-corrected chi connectivity index (χ1v) is 7.34. The van der Waals surface area contributed by atoms with Crippen molar-refractivity contribution in [1.29, 1.82) is 0 Å². The van der Waals surface area contributed by atoms with Crippen LogP contribution in [0, 0.1) is 0 Å². The summed E-state index contributed by atoms with van der Waals surface area (Å²) >= 11 is 0. The average Bonchev–Trinajstić information content (AvgIpc) is 3.17. The van der Waals surface area contributed by atoms with Gasteiger partial charge in [-0.3, -0.25) is 4.79 Å². The average molecular weight is 284 g/mol. The number of benzene rings is 1. The Labute approximate surface area is 124 Å². The van der Waals surface area contributed by atoms with E-state index in [0.29, 0.717) is 6.54 Å². The van der Waals surface area contributed by atoms with Gasteiger partial charge in [0.15, 0.2) is 0 Å². The van der Waals surface area contributed by atoms with Gasteiger partial charge < -0.3 is 11.1 Å². The number of rotatable bonds is 4. The lowest BCUT2D eigenvalue weighted by Crippen LogP contribution is -2.51. The fourth-order valence-corrected chi connectivity index (χ4v) is 2.78. The number of nitrogens with two attached hydrogens (primary N) is 1. The normalized spacial score (nSPS) is 16.8. The molecule has 1 aromatic heterocycles. The number of carbonyl (C=O) groups is 1. The molecule has 2 aromatic rings. The highest BCUT2D eigenvalue weighted by Gasteiger charge is 2.36. The summed E-state index contributed by atoms with van der Waals surface area (Å²) in [6.45, 7) is 0.511. The van der Waals surface area contributed by atoms with Gasteiger partial charge in [0, 0.05) is 18.9 Å².